The number of aliphatic carboxylic acids is 1. The number of nitrogens with zero attached hydrogens (tertiary/aromatic N) is 1. The van der Waals surface area contributed by atoms with E-state index in [1.165, 1.54) is 14.0 Å². The molecule has 38 heavy (non-hydrogen) atoms. The number of aliphatic hydroxyl groups is 1. The SMILES string of the molecule is COc1ccc2c3c1O[C@@H]1C(OC(=O)[C@@H](OC(C)=O)[C@H](CC(C)=O)C(=O)O)=CC[C@]4(O)[C@H](C2)N(C)CC[C@@]314. The van der Waals surface area contributed by atoms with Gasteiger partial charge in [-0.2, -0.15) is 0 Å². The number of Topliss-reactive ketones (excluding diaryl/α,β-unsaturated/α-hetero) is 1. The summed E-state index contributed by atoms with van der Waals surface area (Å²) < 4.78 is 22.8. The fourth-order valence-electron chi connectivity index (χ4n) is 6.87. The molecule has 0 radical (unpaired) electrons. The molecule has 6 atom stereocenters. The maximum absolute atomic E-state index is 13.4. The molecule has 204 valence electrons. The Balaban J connectivity index is 1.56. The summed E-state index contributed by atoms with van der Waals surface area (Å²) in [5.41, 5.74) is -0.304. The van der Waals surface area contributed by atoms with Crippen LogP contribution < -0.4 is 9.47 Å². The fraction of sp³-hybridized carbons (Fsp3) is 0.556. The predicted molar refractivity (Wildman–Crippen MR) is 130 cm³/mol. The number of piperidine rings is 1. The van der Waals surface area contributed by atoms with Gasteiger partial charge in [-0.05, 0) is 51.1 Å². The number of carboxylic acid groups (broad SMARTS) is 1. The number of ether oxygens (including phenoxy) is 4. The highest BCUT2D eigenvalue weighted by atomic mass is 16.6. The number of rotatable bonds is 8. The van der Waals surface area contributed by atoms with Gasteiger partial charge in [0.15, 0.2) is 17.6 Å². The lowest BCUT2D eigenvalue weighted by atomic mass is 9.50. The number of carbonyl (C=O) groups excluding carboxylic acids is 3. The lowest BCUT2D eigenvalue weighted by Crippen LogP contribution is -2.74. The van der Waals surface area contributed by atoms with Crippen molar-refractivity contribution in [2.45, 2.75) is 68.8 Å². The van der Waals surface area contributed by atoms with Crippen molar-refractivity contribution in [1.82, 2.24) is 4.90 Å². The van der Waals surface area contributed by atoms with Gasteiger partial charge < -0.3 is 34.1 Å². The molecular weight excluding hydrogens is 498 g/mol. The van der Waals surface area contributed by atoms with E-state index in [1.807, 2.05) is 19.2 Å². The van der Waals surface area contributed by atoms with Crippen molar-refractivity contribution in [3.63, 3.8) is 0 Å². The Labute approximate surface area is 219 Å². The van der Waals surface area contributed by atoms with E-state index in [0.29, 0.717) is 30.9 Å². The van der Waals surface area contributed by atoms with E-state index in [-0.39, 0.29) is 18.2 Å². The lowest BCUT2D eigenvalue weighted by molar-refractivity contribution is -0.180. The van der Waals surface area contributed by atoms with Crippen molar-refractivity contribution in [3.8, 4) is 11.5 Å². The molecule has 1 fully saturated rings. The Morgan fingerprint density at radius 3 is 2.61 bits per heavy atom. The Kier molecular flexibility index (Phi) is 6.26. The number of methoxy groups -OCH3 is 1. The summed E-state index contributed by atoms with van der Waals surface area (Å²) in [4.78, 5) is 50.9. The third-order valence-electron chi connectivity index (χ3n) is 8.49. The molecule has 1 aromatic rings. The summed E-state index contributed by atoms with van der Waals surface area (Å²) >= 11 is 0. The molecule has 2 aliphatic heterocycles. The smallest absolute Gasteiger partial charge is 0.353 e. The quantitative estimate of drug-likeness (QED) is 0.467. The standard InChI is InChI=1S/C27H31NO10/c1-13(29)11-16(24(31)32)21(36-14(2)30)25(33)37-18-7-8-27(34)19-12-15-5-6-17(35-4)22-20(15)26(27,23(18)38-22)9-10-28(19)3/h5-7,16,19,21,23,34H,8-12H2,1-4H3,(H,31,32)/t16-,19-,21-,23+,26+,27-/m0/s1. The first-order valence-electron chi connectivity index (χ1n) is 12.6. The van der Waals surface area contributed by atoms with E-state index >= 15 is 0 Å². The van der Waals surface area contributed by atoms with Crippen molar-refractivity contribution in [1.29, 1.82) is 0 Å². The number of ketones is 1. The van der Waals surface area contributed by atoms with Crippen LogP contribution in [0.3, 0.4) is 0 Å². The predicted octanol–water partition coefficient (Wildman–Crippen LogP) is 1.13. The number of benzene rings is 1. The molecule has 11 heteroatoms. The Morgan fingerprint density at radius 2 is 1.97 bits per heavy atom. The van der Waals surface area contributed by atoms with Crippen molar-refractivity contribution in [2.75, 3.05) is 20.7 Å². The highest BCUT2D eigenvalue weighted by Gasteiger charge is 2.72. The molecule has 1 saturated heterocycles. The number of hydrogen-bond donors (Lipinski definition) is 2. The molecule has 2 heterocycles. The Morgan fingerprint density at radius 1 is 1.24 bits per heavy atom. The molecule has 2 bridgehead atoms. The van der Waals surface area contributed by atoms with E-state index in [9.17, 15) is 29.4 Å². The van der Waals surface area contributed by atoms with Crippen LogP contribution in [0.4, 0.5) is 0 Å². The minimum absolute atomic E-state index is 0.0956. The van der Waals surface area contributed by atoms with E-state index < -0.39 is 59.3 Å². The second kappa shape index (κ2) is 9.09. The first-order valence-corrected chi connectivity index (χ1v) is 12.6. The zero-order chi connectivity index (χ0) is 27.6. The summed E-state index contributed by atoms with van der Waals surface area (Å²) in [6, 6.07) is 3.58. The molecule has 0 saturated carbocycles. The summed E-state index contributed by atoms with van der Waals surface area (Å²) in [5, 5.41) is 21.9. The van der Waals surface area contributed by atoms with Crippen LogP contribution in [0.5, 0.6) is 11.5 Å². The highest BCUT2D eigenvalue weighted by molar-refractivity contribution is 5.89. The average molecular weight is 530 g/mol. The van der Waals surface area contributed by atoms with Crippen LogP contribution in [0.25, 0.3) is 0 Å². The number of hydrogen-bond acceptors (Lipinski definition) is 10. The minimum Gasteiger partial charge on any atom is -0.493 e. The van der Waals surface area contributed by atoms with Gasteiger partial charge in [-0.1, -0.05) is 6.07 Å². The van der Waals surface area contributed by atoms with Gasteiger partial charge in [0, 0.05) is 31.4 Å². The molecular formula is C27H31NO10. The fourth-order valence-corrected chi connectivity index (χ4v) is 6.87. The van der Waals surface area contributed by atoms with Crippen LogP contribution in [0.15, 0.2) is 24.0 Å². The van der Waals surface area contributed by atoms with Crippen LogP contribution in [0.2, 0.25) is 0 Å². The second-order valence-electron chi connectivity index (χ2n) is 10.6. The van der Waals surface area contributed by atoms with Crippen molar-refractivity contribution in [3.05, 3.63) is 35.1 Å². The summed E-state index contributed by atoms with van der Waals surface area (Å²) in [6.07, 6.45) is -0.403. The minimum atomic E-state index is -1.85. The van der Waals surface area contributed by atoms with Gasteiger partial charge in [-0.3, -0.25) is 14.4 Å². The van der Waals surface area contributed by atoms with Gasteiger partial charge in [-0.15, -0.1) is 0 Å². The Hall–Kier alpha value is -3.44. The van der Waals surface area contributed by atoms with Crippen molar-refractivity contribution >= 4 is 23.7 Å². The van der Waals surface area contributed by atoms with E-state index in [0.717, 1.165) is 18.1 Å². The molecule has 1 aromatic carbocycles. The average Bonchev–Trinajstić information content (AvgIpc) is 3.20. The molecule has 4 aliphatic rings. The van der Waals surface area contributed by atoms with Gasteiger partial charge in [0.25, 0.3) is 0 Å². The molecule has 2 N–H and O–H groups in total. The molecule has 0 aromatic heterocycles. The molecule has 0 amide bonds. The summed E-state index contributed by atoms with van der Waals surface area (Å²) in [7, 11) is 3.50. The normalized spacial score (nSPS) is 30.2. The number of likely N-dealkylation sites (tertiary alicyclic amines) is 1. The van der Waals surface area contributed by atoms with Crippen LogP contribution in [-0.2, 0) is 40.5 Å². The van der Waals surface area contributed by atoms with E-state index in [1.54, 1.807) is 6.08 Å². The third-order valence-corrected chi connectivity index (χ3v) is 8.49. The number of likely N-dealkylation sites (N-methyl/N-ethyl adjacent to an activating group) is 1. The van der Waals surface area contributed by atoms with Gasteiger partial charge in [0.1, 0.15) is 17.5 Å². The zero-order valence-corrected chi connectivity index (χ0v) is 21.7. The summed E-state index contributed by atoms with van der Waals surface area (Å²) in [6.45, 7) is 2.89. The van der Waals surface area contributed by atoms with Gasteiger partial charge >= 0.3 is 17.9 Å². The first-order chi connectivity index (χ1) is 17.9. The van der Waals surface area contributed by atoms with E-state index in [2.05, 4.69) is 4.90 Å². The summed E-state index contributed by atoms with van der Waals surface area (Å²) in [5.74, 6) is -4.54. The van der Waals surface area contributed by atoms with Crippen molar-refractivity contribution < 1.29 is 48.3 Å². The van der Waals surface area contributed by atoms with Gasteiger partial charge in [0.2, 0.25) is 6.10 Å². The monoisotopic (exact) mass is 529 g/mol. The maximum atomic E-state index is 13.4. The van der Waals surface area contributed by atoms with Crippen LogP contribution >= 0.6 is 0 Å². The largest absolute Gasteiger partial charge is 0.493 e. The van der Waals surface area contributed by atoms with E-state index in [4.69, 9.17) is 18.9 Å². The molecule has 0 unspecified atom stereocenters. The van der Waals surface area contributed by atoms with Crippen LogP contribution in [-0.4, -0.2) is 83.4 Å². The molecule has 11 nitrogen and oxygen atoms in total. The number of carboxylic acids is 1. The van der Waals surface area contributed by atoms with Gasteiger partial charge in [0.05, 0.1) is 18.1 Å². The third kappa shape index (κ3) is 3.63. The topological polar surface area (TPSA) is 149 Å². The van der Waals surface area contributed by atoms with Crippen LogP contribution in [0.1, 0.15) is 44.2 Å². The molecule has 1 spiro atoms. The maximum Gasteiger partial charge on any atom is 0.353 e. The first kappa shape index (κ1) is 26.2. The molecule has 5 rings (SSSR count). The second-order valence-corrected chi connectivity index (χ2v) is 10.6. The van der Waals surface area contributed by atoms with Crippen LogP contribution in [0, 0.1) is 5.92 Å². The number of carbonyl (C=O) groups is 4. The highest BCUT2D eigenvalue weighted by Crippen LogP contribution is 2.65. The van der Waals surface area contributed by atoms with Crippen molar-refractivity contribution in [2.24, 2.45) is 5.92 Å². The number of esters is 2. The van der Waals surface area contributed by atoms with Gasteiger partial charge in [-0.25, -0.2) is 4.79 Å². The molecule has 2 aliphatic carbocycles. The zero-order valence-electron chi connectivity index (χ0n) is 21.7. The lowest BCUT2D eigenvalue weighted by Gasteiger charge is -2.61. The Bertz CT molecular complexity index is 1260.